The topological polar surface area (TPSA) is 72.9 Å². The molecule has 0 fully saturated rings. The second-order valence-corrected chi connectivity index (χ2v) is 4.01. The summed E-state index contributed by atoms with van der Waals surface area (Å²) in [6, 6.07) is 0. The number of nitrogens with two attached hydrogens (primary N) is 1. The largest absolute Gasteiger partial charge is 0.393 e. The molecule has 5 nitrogen and oxygen atoms in total. The van der Waals surface area contributed by atoms with E-state index in [-0.39, 0.29) is 5.91 Å². The van der Waals surface area contributed by atoms with Gasteiger partial charge >= 0.3 is 0 Å². The molecule has 88 valence electrons. The molecule has 0 aliphatic rings. The highest BCUT2D eigenvalue weighted by molar-refractivity contribution is 7.80. The van der Waals surface area contributed by atoms with Gasteiger partial charge in [0.1, 0.15) is 0 Å². The summed E-state index contributed by atoms with van der Waals surface area (Å²) in [6.07, 6.45) is 2.97. The fourth-order valence-corrected chi connectivity index (χ4v) is 1.48. The number of carbonyl (C=O) groups is 1. The predicted octanol–water partition coefficient (Wildman–Crippen LogP) is 0.388. The molecule has 1 aromatic rings. The first-order valence-corrected chi connectivity index (χ1v) is 5.54. The number of nitrogens with zero attached hydrogens (tertiary/aromatic N) is 2. The van der Waals surface area contributed by atoms with E-state index in [1.165, 1.54) is 0 Å². The standard InChI is InChI=1S/C10H16N4OS/c1-3-8-7(6-14(2)13-8)10(15)12-5-4-9(11)16/h6H,3-5H2,1-2H3,(H2,11,16)(H,12,15). The molecule has 0 aromatic carbocycles. The molecule has 0 spiro atoms. The van der Waals surface area contributed by atoms with Gasteiger partial charge in [-0.3, -0.25) is 9.48 Å². The molecule has 0 bridgehead atoms. The molecule has 1 rings (SSSR count). The van der Waals surface area contributed by atoms with Crippen molar-refractivity contribution in [2.24, 2.45) is 12.8 Å². The Morgan fingerprint density at radius 3 is 2.94 bits per heavy atom. The van der Waals surface area contributed by atoms with Crippen molar-refractivity contribution < 1.29 is 4.79 Å². The average molecular weight is 240 g/mol. The number of aryl methyl sites for hydroxylation is 2. The molecule has 0 saturated carbocycles. The summed E-state index contributed by atoms with van der Waals surface area (Å²) in [5.41, 5.74) is 6.76. The van der Waals surface area contributed by atoms with Gasteiger partial charge in [-0.25, -0.2) is 0 Å². The van der Waals surface area contributed by atoms with E-state index in [0.29, 0.717) is 23.5 Å². The van der Waals surface area contributed by atoms with Crippen molar-refractivity contribution >= 4 is 23.1 Å². The molecule has 0 atom stereocenters. The Balaban J connectivity index is 2.61. The number of rotatable bonds is 5. The Morgan fingerprint density at radius 2 is 2.38 bits per heavy atom. The van der Waals surface area contributed by atoms with Crippen LogP contribution < -0.4 is 11.1 Å². The van der Waals surface area contributed by atoms with Crippen molar-refractivity contribution in [2.75, 3.05) is 6.54 Å². The average Bonchev–Trinajstić information content (AvgIpc) is 2.59. The summed E-state index contributed by atoms with van der Waals surface area (Å²) in [6.45, 7) is 2.43. The van der Waals surface area contributed by atoms with Gasteiger partial charge in [-0.1, -0.05) is 19.1 Å². The molecule has 3 N–H and O–H groups in total. The maximum absolute atomic E-state index is 11.8. The number of aromatic nitrogens is 2. The molecule has 16 heavy (non-hydrogen) atoms. The van der Waals surface area contributed by atoms with Gasteiger partial charge in [0.25, 0.3) is 5.91 Å². The van der Waals surface area contributed by atoms with Crippen LogP contribution >= 0.6 is 12.2 Å². The highest BCUT2D eigenvalue weighted by atomic mass is 32.1. The van der Waals surface area contributed by atoms with Crippen molar-refractivity contribution in [3.05, 3.63) is 17.5 Å². The summed E-state index contributed by atoms with van der Waals surface area (Å²) >= 11 is 4.73. The lowest BCUT2D eigenvalue weighted by molar-refractivity contribution is 0.0954. The first-order chi connectivity index (χ1) is 7.54. The van der Waals surface area contributed by atoms with E-state index in [9.17, 15) is 4.79 Å². The Kier molecular flexibility index (Phi) is 4.42. The fraction of sp³-hybridized carbons (Fsp3) is 0.500. The number of carbonyl (C=O) groups excluding carboxylic acids is 1. The number of thiocarbonyl (C=S) groups is 1. The van der Waals surface area contributed by atoms with Crippen LogP contribution in [0, 0.1) is 0 Å². The molecular formula is C10H16N4OS. The van der Waals surface area contributed by atoms with E-state index in [1.54, 1.807) is 17.9 Å². The van der Waals surface area contributed by atoms with Gasteiger partial charge in [0.05, 0.1) is 16.2 Å². The van der Waals surface area contributed by atoms with E-state index in [2.05, 4.69) is 10.4 Å². The van der Waals surface area contributed by atoms with Crippen LogP contribution in [0.2, 0.25) is 0 Å². The van der Waals surface area contributed by atoms with Gasteiger partial charge in [0, 0.05) is 26.2 Å². The van der Waals surface area contributed by atoms with Gasteiger partial charge in [-0.15, -0.1) is 0 Å². The normalized spacial score (nSPS) is 10.1. The van der Waals surface area contributed by atoms with Gasteiger partial charge in [0.15, 0.2) is 0 Å². The lowest BCUT2D eigenvalue weighted by Crippen LogP contribution is -2.27. The Bertz CT molecular complexity index is 400. The Hall–Kier alpha value is -1.43. The second kappa shape index (κ2) is 5.60. The molecule has 1 aromatic heterocycles. The number of amides is 1. The van der Waals surface area contributed by atoms with Gasteiger partial charge in [0.2, 0.25) is 0 Å². The molecular weight excluding hydrogens is 224 g/mol. The van der Waals surface area contributed by atoms with Crippen LogP contribution in [0.1, 0.15) is 29.4 Å². The minimum absolute atomic E-state index is 0.124. The summed E-state index contributed by atoms with van der Waals surface area (Å²) in [4.78, 5) is 12.2. The van der Waals surface area contributed by atoms with Crippen LogP contribution in [0.25, 0.3) is 0 Å². The summed E-state index contributed by atoms with van der Waals surface area (Å²) < 4.78 is 1.64. The van der Waals surface area contributed by atoms with Crippen LogP contribution in [0.4, 0.5) is 0 Å². The predicted molar refractivity (Wildman–Crippen MR) is 66.3 cm³/mol. The van der Waals surface area contributed by atoms with Gasteiger partial charge < -0.3 is 11.1 Å². The third-order valence-electron chi connectivity index (χ3n) is 2.14. The third-order valence-corrected chi connectivity index (χ3v) is 2.35. The molecule has 0 radical (unpaired) electrons. The third kappa shape index (κ3) is 3.30. The van der Waals surface area contributed by atoms with Crippen molar-refractivity contribution in [3.63, 3.8) is 0 Å². The van der Waals surface area contributed by atoms with Crippen molar-refractivity contribution in [1.82, 2.24) is 15.1 Å². The minimum atomic E-state index is -0.124. The molecule has 0 aliphatic carbocycles. The number of hydrogen-bond acceptors (Lipinski definition) is 3. The Morgan fingerprint density at radius 1 is 1.69 bits per heavy atom. The molecule has 0 unspecified atom stereocenters. The molecule has 0 saturated heterocycles. The highest BCUT2D eigenvalue weighted by Crippen LogP contribution is 2.06. The van der Waals surface area contributed by atoms with Crippen LogP contribution in [0.3, 0.4) is 0 Å². The second-order valence-electron chi connectivity index (χ2n) is 3.49. The van der Waals surface area contributed by atoms with Crippen LogP contribution in [0.5, 0.6) is 0 Å². The lowest BCUT2D eigenvalue weighted by atomic mass is 10.2. The quantitative estimate of drug-likeness (QED) is 0.730. The summed E-state index contributed by atoms with van der Waals surface area (Å²) in [5.74, 6) is -0.124. The molecule has 6 heteroatoms. The summed E-state index contributed by atoms with van der Waals surface area (Å²) in [7, 11) is 1.80. The zero-order valence-corrected chi connectivity index (χ0v) is 10.3. The first kappa shape index (κ1) is 12.6. The van der Waals surface area contributed by atoms with E-state index in [1.807, 2.05) is 6.92 Å². The van der Waals surface area contributed by atoms with E-state index in [4.69, 9.17) is 18.0 Å². The van der Waals surface area contributed by atoms with Gasteiger partial charge in [-0.05, 0) is 6.42 Å². The zero-order chi connectivity index (χ0) is 12.1. The van der Waals surface area contributed by atoms with E-state index in [0.717, 1.165) is 12.1 Å². The zero-order valence-electron chi connectivity index (χ0n) is 9.49. The summed E-state index contributed by atoms with van der Waals surface area (Å²) in [5, 5.41) is 6.96. The van der Waals surface area contributed by atoms with E-state index >= 15 is 0 Å². The maximum atomic E-state index is 11.8. The van der Waals surface area contributed by atoms with Crippen LogP contribution in [-0.4, -0.2) is 27.2 Å². The number of hydrogen-bond donors (Lipinski definition) is 2. The van der Waals surface area contributed by atoms with Crippen LogP contribution in [-0.2, 0) is 13.5 Å². The first-order valence-electron chi connectivity index (χ1n) is 5.13. The monoisotopic (exact) mass is 240 g/mol. The van der Waals surface area contributed by atoms with Crippen LogP contribution in [0.15, 0.2) is 6.20 Å². The maximum Gasteiger partial charge on any atom is 0.254 e. The van der Waals surface area contributed by atoms with Crippen molar-refractivity contribution in [2.45, 2.75) is 19.8 Å². The Labute approximate surface area is 100 Å². The number of nitrogens with one attached hydrogen (secondary N) is 1. The highest BCUT2D eigenvalue weighted by Gasteiger charge is 2.13. The van der Waals surface area contributed by atoms with Crippen molar-refractivity contribution in [1.29, 1.82) is 0 Å². The van der Waals surface area contributed by atoms with E-state index < -0.39 is 0 Å². The fourth-order valence-electron chi connectivity index (χ4n) is 1.38. The molecule has 1 amide bonds. The smallest absolute Gasteiger partial charge is 0.254 e. The molecule has 0 aliphatic heterocycles. The SMILES string of the molecule is CCc1nn(C)cc1C(=O)NCCC(N)=S. The molecule has 1 heterocycles. The lowest BCUT2D eigenvalue weighted by Gasteiger charge is -2.03. The minimum Gasteiger partial charge on any atom is -0.393 e. The van der Waals surface area contributed by atoms with Crippen molar-refractivity contribution in [3.8, 4) is 0 Å². The van der Waals surface area contributed by atoms with Gasteiger partial charge in [-0.2, -0.15) is 5.10 Å².